The van der Waals surface area contributed by atoms with E-state index in [4.69, 9.17) is 5.73 Å². The number of sulfone groups is 1. The summed E-state index contributed by atoms with van der Waals surface area (Å²) in [5.74, 6) is 0.127. The molecule has 0 saturated heterocycles. The summed E-state index contributed by atoms with van der Waals surface area (Å²) in [7, 11) is -1.11. The molecule has 0 spiro atoms. The van der Waals surface area contributed by atoms with Crippen LogP contribution in [0.25, 0.3) is 0 Å². The van der Waals surface area contributed by atoms with Gasteiger partial charge in [-0.2, -0.15) is 0 Å². The van der Waals surface area contributed by atoms with E-state index >= 15 is 0 Å². The van der Waals surface area contributed by atoms with Crippen LogP contribution in [0.2, 0.25) is 0 Å². The first-order chi connectivity index (χ1) is 7.44. The van der Waals surface area contributed by atoms with Crippen molar-refractivity contribution in [3.8, 4) is 0 Å². The van der Waals surface area contributed by atoms with Gasteiger partial charge in [-0.05, 0) is 11.6 Å². The average molecular weight is 243 g/mol. The van der Waals surface area contributed by atoms with Crippen molar-refractivity contribution in [2.75, 3.05) is 30.5 Å². The molecule has 0 aliphatic carbocycles. The lowest BCUT2D eigenvalue weighted by Crippen LogP contribution is -2.26. The fourth-order valence-electron chi connectivity index (χ4n) is 1.35. The molecule has 0 atom stereocenters. The van der Waals surface area contributed by atoms with Crippen LogP contribution in [0.5, 0.6) is 0 Å². The van der Waals surface area contributed by atoms with Crippen LogP contribution >= 0.6 is 0 Å². The third-order valence-corrected chi connectivity index (χ3v) is 3.24. The van der Waals surface area contributed by atoms with Gasteiger partial charge < -0.3 is 10.6 Å². The Bertz CT molecular complexity index is 445. The van der Waals surface area contributed by atoms with Gasteiger partial charge in [0.15, 0.2) is 0 Å². The summed E-state index contributed by atoms with van der Waals surface area (Å²) in [6, 6.07) is 1.84. The van der Waals surface area contributed by atoms with E-state index in [9.17, 15) is 8.42 Å². The van der Waals surface area contributed by atoms with Crippen LogP contribution in [0.4, 0.5) is 5.69 Å². The molecular formula is C10H17N3O2S. The first-order valence-electron chi connectivity index (χ1n) is 4.96. The molecule has 0 aromatic carbocycles. The Morgan fingerprint density at radius 2 is 2.19 bits per heavy atom. The van der Waals surface area contributed by atoms with Gasteiger partial charge in [0, 0.05) is 32.6 Å². The standard InChI is InChI=1S/C10H17N3O2S/c1-13(5-6-16(2,14)15)10-8-12-4-3-9(10)7-11/h3-4,8H,5-7,11H2,1-2H3. The number of pyridine rings is 1. The van der Waals surface area contributed by atoms with Crippen LogP contribution in [-0.4, -0.2) is 39.0 Å². The van der Waals surface area contributed by atoms with Crippen molar-refractivity contribution in [1.82, 2.24) is 4.98 Å². The minimum absolute atomic E-state index is 0.127. The van der Waals surface area contributed by atoms with Crippen LogP contribution in [0.3, 0.4) is 0 Å². The number of hydrogen-bond acceptors (Lipinski definition) is 5. The molecule has 90 valence electrons. The van der Waals surface area contributed by atoms with Gasteiger partial charge in [-0.25, -0.2) is 8.42 Å². The number of rotatable bonds is 5. The van der Waals surface area contributed by atoms with Crippen LogP contribution in [0, 0.1) is 0 Å². The molecule has 0 aliphatic rings. The van der Waals surface area contributed by atoms with E-state index in [2.05, 4.69) is 4.98 Å². The maximum absolute atomic E-state index is 11.1. The van der Waals surface area contributed by atoms with Crippen LogP contribution in [0.1, 0.15) is 5.56 Å². The molecule has 0 bridgehead atoms. The second-order valence-corrected chi connectivity index (χ2v) is 6.02. The van der Waals surface area contributed by atoms with Crippen molar-refractivity contribution in [1.29, 1.82) is 0 Å². The van der Waals surface area contributed by atoms with Crippen LogP contribution in [0.15, 0.2) is 18.5 Å². The topological polar surface area (TPSA) is 76.3 Å². The Morgan fingerprint density at radius 3 is 2.75 bits per heavy atom. The van der Waals surface area contributed by atoms with Gasteiger partial charge in [0.1, 0.15) is 9.84 Å². The van der Waals surface area contributed by atoms with Crippen LogP contribution < -0.4 is 10.6 Å². The zero-order chi connectivity index (χ0) is 12.2. The van der Waals surface area contributed by atoms with Crippen molar-refractivity contribution in [2.45, 2.75) is 6.54 Å². The maximum atomic E-state index is 11.1. The molecule has 16 heavy (non-hydrogen) atoms. The molecule has 0 fully saturated rings. The van der Waals surface area contributed by atoms with E-state index < -0.39 is 9.84 Å². The predicted octanol–water partition coefficient (Wildman–Crippen LogP) is 0.0211. The summed E-state index contributed by atoms with van der Waals surface area (Å²) in [4.78, 5) is 5.87. The fraction of sp³-hybridized carbons (Fsp3) is 0.500. The summed E-state index contributed by atoms with van der Waals surface area (Å²) in [6.07, 6.45) is 4.61. The highest BCUT2D eigenvalue weighted by molar-refractivity contribution is 7.90. The molecule has 0 amide bonds. The third-order valence-electron chi connectivity index (χ3n) is 2.32. The summed E-state index contributed by atoms with van der Waals surface area (Å²) in [5, 5.41) is 0. The summed E-state index contributed by atoms with van der Waals surface area (Å²) >= 11 is 0. The molecule has 0 saturated carbocycles. The first-order valence-corrected chi connectivity index (χ1v) is 7.02. The van der Waals surface area contributed by atoms with Gasteiger partial charge in [0.25, 0.3) is 0 Å². The Kier molecular flexibility index (Phi) is 4.26. The Balaban J connectivity index is 2.76. The minimum atomic E-state index is -2.94. The predicted molar refractivity (Wildman–Crippen MR) is 65.1 cm³/mol. The van der Waals surface area contributed by atoms with Gasteiger partial charge in [-0.15, -0.1) is 0 Å². The molecule has 0 aliphatic heterocycles. The zero-order valence-corrected chi connectivity index (χ0v) is 10.4. The van der Waals surface area contributed by atoms with Gasteiger partial charge in [-0.1, -0.05) is 0 Å². The minimum Gasteiger partial charge on any atom is -0.372 e. The molecule has 2 N–H and O–H groups in total. The lowest BCUT2D eigenvalue weighted by molar-refractivity contribution is 0.601. The molecule has 5 nitrogen and oxygen atoms in total. The average Bonchev–Trinajstić information content (AvgIpc) is 2.25. The van der Waals surface area contributed by atoms with E-state index in [1.807, 2.05) is 18.0 Å². The number of aromatic nitrogens is 1. The number of hydrogen-bond donors (Lipinski definition) is 1. The van der Waals surface area contributed by atoms with E-state index in [-0.39, 0.29) is 5.75 Å². The van der Waals surface area contributed by atoms with E-state index in [1.54, 1.807) is 12.4 Å². The third kappa shape index (κ3) is 3.79. The molecule has 1 aromatic heterocycles. The molecule has 1 rings (SSSR count). The van der Waals surface area contributed by atoms with Crippen LogP contribution in [-0.2, 0) is 16.4 Å². The monoisotopic (exact) mass is 243 g/mol. The van der Waals surface area contributed by atoms with E-state index in [1.165, 1.54) is 6.26 Å². The van der Waals surface area contributed by atoms with Crippen molar-refractivity contribution in [3.63, 3.8) is 0 Å². The van der Waals surface area contributed by atoms with Crippen molar-refractivity contribution in [3.05, 3.63) is 24.0 Å². The van der Waals surface area contributed by atoms with Crippen molar-refractivity contribution < 1.29 is 8.42 Å². The summed E-state index contributed by atoms with van der Waals surface area (Å²) in [6.45, 7) is 0.860. The normalized spacial score (nSPS) is 11.4. The molecular weight excluding hydrogens is 226 g/mol. The molecule has 0 unspecified atom stereocenters. The smallest absolute Gasteiger partial charge is 0.149 e. The SMILES string of the molecule is CN(CCS(C)(=O)=O)c1cnccc1CN. The second kappa shape index (κ2) is 5.27. The Labute approximate surface area is 96.2 Å². The fourth-order valence-corrected chi connectivity index (χ4v) is 1.96. The molecule has 1 aromatic rings. The largest absolute Gasteiger partial charge is 0.372 e. The van der Waals surface area contributed by atoms with Gasteiger partial charge in [0.2, 0.25) is 0 Å². The number of nitrogens with zero attached hydrogens (tertiary/aromatic N) is 2. The van der Waals surface area contributed by atoms with Crippen molar-refractivity contribution in [2.24, 2.45) is 5.73 Å². The zero-order valence-electron chi connectivity index (χ0n) is 9.55. The second-order valence-electron chi connectivity index (χ2n) is 3.76. The molecule has 6 heteroatoms. The number of nitrogens with two attached hydrogens (primary N) is 1. The van der Waals surface area contributed by atoms with Crippen molar-refractivity contribution >= 4 is 15.5 Å². The molecule has 0 radical (unpaired) electrons. The van der Waals surface area contributed by atoms with Gasteiger partial charge in [-0.3, -0.25) is 4.98 Å². The lowest BCUT2D eigenvalue weighted by Gasteiger charge is -2.20. The Hall–Kier alpha value is -1.14. The maximum Gasteiger partial charge on any atom is 0.149 e. The van der Waals surface area contributed by atoms with E-state index in [0.717, 1.165) is 11.3 Å². The highest BCUT2D eigenvalue weighted by Gasteiger charge is 2.09. The summed E-state index contributed by atoms with van der Waals surface area (Å²) in [5.41, 5.74) is 7.44. The number of anilines is 1. The first kappa shape index (κ1) is 12.9. The highest BCUT2D eigenvalue weighted by atomic mass is 32.2. The van der Waals surface area contributed by atoms with Gasteiger partial charge >= 0.3 is 0 Å². The summed E-state index contributed by atoms with van der Waals surface area (Å²) < 4.78 is 22.1. The lowest BCUT2D eigenvalue weighted by atomic mass is 10.2. The quantitative estimate of drug-likeness (QED) is 0.789. The molecule has 1 heterocycles. The Morgan fingerprint density at radius 1 is 1.50 bits per heavy atom. The van der Waals surface area contributed by atoms with Gasteiger partial charge in [0.05, 0.1) is 17.6 Å². The highest BCUT2D eigenvalue weighted by Crippen LogP contribution is 2.16. The van der Waals surface area contributed by atoms with E-state index in [0.29, 0.717) is 13.1 Å².